The smallest absolute Gasteiger partial charge is 0.377 e. The number of morpholine rings is 1. The molecular weight excluding hydrogens is 196 g/mol. The van der Waals surface area contributed by atoms with E-state index in [4.69, 9.17) is 4.74 Å². The first-order valence-electron chi connectivity index (χ1n) is 4.35. The molecule has 1 heterocycles. The predicted molar refractivity (Wildman–Crippen MR) is 44.0 cm³/mol. The lowest BCUT2D eigenvalue weighted by Crippen LogP contribution is -2.40. The molecule has 4 nitrogen and oxygen atoms in total. The Hall–Kier alpha value is -0.750. The fraction of sp³-hybridized carbons (Fsp3) is 0.875. The van der Waals surface area contributed by atoms with E-state index < -0.39 is 11.9 Å². The van der Waals surface area contributed by atoms with E-state index in [1.807, 2.05) is 0 Å². The van der Waals surface area contributed by atoms with E-state index in [-0.39, 0.29) is 6.73 Å². The van der Waals surface area contributed by atoms with E-state index in [1.165, 1.54) is 0 Å². The number of hydrogen-bond donors (Lipinski definition) is 0. The summed E-state index contributed by atoms with van der Waals surface area (Å²) in [6.07, 6.45) is 0. The standard InChI is InChI=1S/C8H13F2NO3/c1-8(9,10)7(12)14-6-11-2-4-13-5-3-11/h2-6H2,1H3. The lowest BCUT2D eigenvalue weighted by atomic mass is 10.4. The molecule has 0 radical (unpaired) electrons. The molecule has 0 amide bonds. The van der Waals surface area contributed by atoms with Crippen LogP contribution in [0.5, 0.6) is 0 Å². The van der Waals surface area contributed by atoms with Gasteiger partial charge in [-0.3, -0.25) is 4.90 Å². The first-order valence-corrected chi connectivity index (χ1v) is 4.35. The Bertz CT molecular complexity index is 199. The summed E-state index contributed by atoms with van der Waals surface area (Å²) in [5.41, 5.74) is 0. The molecule has 1 aliphatic heterocycles. The maximum Gasteiger partial charge on any atom is 0.377 e. The van der Waals surface area contributed by atoms with Gasteiger partial charge in [-0.05, 0) is 0 Å². The van der Waals surface area contributed by atoms with Gasteiger partial charge >= 0.3 is 11.9 Å². The van der Waals surface area contributed by atoms with Gasteiger partial charge in [-0.15, -0.1) is 0 Å². The zero-order valence-electron chi connectivity index (χ0n) is 7.96. The fourth-order valence-electron chi connectivity index (χ4n) is 1.01. The molecule has 6 heteroatoms. The summed E-state index contributed by atoms with van der Waals surface area (Å²) >= 11 is 0. The topological polar surface area (TPSA) is 38.8 Å². The average molecular weight is 209 g/mol. The van der Waals surface area contributed by atoms with Crippen molar-refractivity contribution in [3.63, 3.8) is 0 Å². The molecule has 0 aromatic heterocycles. The van der Waals surface area contributed by atoms with Gasteiger partial charge in [-0.2, -0.15) is 8.78 Å². The van der Waals surface area contributed by atoms with Crippen molar-refractivity contribution in [2.75, 3.05) is 33.0 Å². The molecule has 1 fully saturated rings. The molecule has 1 saturated heterocycles. The maximum absolute atomic E-state index is 12.4. The Morgan fingerprint density at radius 2 is 2.07 bits per heavy atom. The average Bonchev–Trinajstić information content (AvgIpc) is 2.14. The molecular formula is C8H13F2NO3. The van der Waals surface area contributed by atoms with Crippen molar-refractivity contribution in [2.45, 2.75) is 12.8 Å². The zero-order valence-corrected chi connectivity index (χ0v) is 7.96. The van der Waals surface area contributed by atoms with Crippen LogP contribution in [-0.4, -0.2) is 49.8 Å². The Morgan fingerprint density at radius 3 is 2.57 bits per heavy atom. The normalized spacial score (nSPS) is 19.4. The molecule has 1 rings (SSSR count). The molecule has 0 spiro atoms. The molecule has 0 saturated carbocycles. The van der Waals surface area contributed by atoms with Gasteiger partial charge in [-0.1, -0.05) is 0 Å². The summed E-state index contributed by atoms with van der Waals surface area (Å²) < 4.78 is 34.2. The van der Waals surface area contributed by atoms with E-state index in [0.29, 0.717) is 33.2 Å². The lowest BCUT2D eigenvalue weighted by molar-refractivity contribution is -0.175. The van der Waals surface area contributed by atoms with Crippen molar-refractivity contribution >= 4 is 5.97 Å². The monoisotopic (exact) mass is 209 g/mol. The second kappa shape index (κ2) is 4.65. The highest BCUT2D eigenvalue weighted by molar-refractivity contribution is 5.76. The number of esters is 1. The van der Waals surface area contributed by atoms with Gasteiger partial charge in [0, 0.05) is 20.0 Å². The number of carbonyl (C=O) groups is 1. The highest BCUT2D eigenvalue weighted by atomic mass is 19.3. The quantitative estimate of drug-likeness (QED) is 0.633. The maximum atomic E-state index is 12.4. The summed E-state index contributed by atoms with van der Waals surface area (Å²) in [6, 6.07) is 0. The Balaban J connectivity index is 2.22. The number of rotatable bonds is 3. The molecule has 0 N–H and O–H groups in total. The predicted octanol–water partition coefficient (Wildman–Crippen LogP) is 0.475. The molecule has 0 aromatic carbocycles. The first-order chi connectivity index (χ1) is 6.50. The molecule has 82 valence electrons. The molecule has 14 heavy (non-hydrogen) atoms. The Labute approximate surface area is 80.8 Å². The minimum absolute atomic E-state index is 0.0916. The summed E-state index contributed by atoms with van der Waals surface area (Å²) in [5.74, 6) is -4.89. The van der Waals surface area contributed by atoms with E-state index in [2.05, 4.69) is 4.74 Å². The molecule has 0 aliphatic carbocycles. The van der Waals surface area contributed by atoms with Crippen LogP contribution >= 0.6 is 0 Å². The third kappa shape index (κ3) is 3.55. The zero-order chi connectivity index (χ0) is 10.6. The number of nitrogens with zero attached hydrogens (tertiary/aromatic N) is 1. The Morgan fingerprint density at radius 1 is 1.50 bits per heavy atom. The third-order valence-corrected chi connectivity index (χ3v) is 1.84. The summed E-state index contributed by atoms with van der Waals surface area (Å²) in [5, 5.41) is 0. The highest BCUT2D eigenvalue weighted by Crippen LogP contribution is 2.13. The molecule has 0 atom stereocenters. The molecule has 0 unspecified atom stereocenters. The third-order valence-electron chi connectivity index (χ3n) is 1.84. The van der Waals surface area contributed by atoms with Crippen molar-refractivity contribution in [2.24, 2.45) is 0 Å². The van der Waals surface area contributed by atoms with Crippen LogP contribution in [0.1, 0.15) is 6.92 Å². The second-order valence-electron chi connectivity index (χ2n) is 3.18. The number of halogens is 2. The summed E-state index contributed by atoms with van der Waals surface area (Å²) in [4.78, 5) is 12.4. The van der Waals surface area contributed by atoms with E-state index in [9.17, 15) is 13.6 Å². The number of carbonyl (C=O) groups excluding carboxylic acids is 1. The van der Waals surface area contributed by atoms with Crippen LogP contribution in [0.2, 0.25) is 0 Å². The number of ether oxygens (including phenoxy) is 2. The van der Waals surface area contributed by atoms with E-state index >= 15 is 0 Å². The SMILES string of the molecule is CC(F)(F)C(=O)OCN1CCOCC1. The highest BCUT2D eigenvalue weighted by Gasteiger charge is 2.34. The largest absolute Gasteiger partial charge is 0.445 e. The van der Waals surface area contributed by atoms with Gasteiger partial charge in [0.25, 0.3) is 0 Å². The van der Waals surface area contributed by atoms with Crippen molar-refractivity contribution in [1.29, 1.82) is 0 Å². The van der Waals surface area contributed by atoms with Crippen LogP contribution in [0.15, 0.2) is 0 Å². The molecule has 0 bridgehead atoms. The molecule has 1 aliphatic rings. The van der Waals surface area contributed by atoms with Crippen LogP contribution < -0.4 is 0 Å². The van der Waals surface area contributed by atoms with Crippen LogP contribution in [0.25, 0.3) is 0 Å². The van der Waals surface area contributed by atoms with Crippen LogP contribution in [0.4, 0.5) is 8.78 Å². The second-order valence-corrected chi connectivity index (χ2v) is 3.18. The number of alkyl halides is 2. The van der Waals surface area contributed by atoms with E-state index in [1.54, 1.807) is 4.90 Å². The van der Waals surface area contributed by atoms with Gasteiger partial charge in [-0.25, -0.2) is 4.79 Å². The van der Waals surface area contributed by atoms with Crippen molar-refractivity contribution in [1.82, 2.24) is 4.90 Å². The van der Waals surface area contributed by atoms with Crippen molar-refractivity contribution in [3.05, 3.63) is 0 Å². The van der Waals surface area contributed by atoms with Gasteiger partial charge in [0.2, 0.25) is 0 Å². The Kier molecular flexibility index (Phi) is 3.77. The fourth-order valence-corrected chi connectivity index (χ4v) is 1.01. The van der Waals surface area contributed by atoms with Crippen LogP contribution in [-0.2, 0) is 14.3 Å². The van der Waals surface area contributed by atoms with Crippen LogP contribution in [0, 0.1) is 0 Å². The van der Waals surface area contributed by atoms with E-state index in [0.717, 1.165) is 0 Å². The van der Waals surface area contributed by atoms with Crippen LogP contribution in [0.3, 0.4) is 0 Å². The van der Waals surface area contributed by atoms with Crippen molar-refractivity contribution in [3.8, 4) is 0 Å². The first kappa shape index (κ1) is 11.3. The minimum atomic E-state index is -3.41. The lowest BCUT2D eigenvalue weighted by Gasteiger charge is -2.26. The number of hydrogen-bond acceptors (Lipinski definition) is 4. The van der Waals surface area contributed by atoms with Gasteiger partial charge in [0.1, 0.15) is 6.73 Å². The van der Waals surface area contributed by atoms with Gasteiger partial charge in [0.15, 0.2) is 0 Å². The summed E-state index contributed by atoms with van der Waals surface area (Å²) in [6.45, 7) is 2.71. The molecule has 0 aromatic rings. The van der Waals surface area contributed by atoms with Gasteiger partial charge < -0.3 is 9.47 Å². The van der Waals surface area contributed by atoms with Gasteiger partial charge in [0.05, 0.1) is 13.2 Å². The minimum Gasteiger partial charge on any atom is -0.445 e. The summed E-state index contributed by atoms with van der Waals surface area (Å²) in [7, 11) is 0. The van der Waals surface area contributed by atoms with Crippen molar-refractivity contribution < 1.29 is 23.0 Å².